The zero-order valence-corrected chi connectivity index (χ0v) is 11.2. The predicted octanol–water partition coefficient (Wildman–Crippen LogP) is 3.17. The normalized spacial score (nSPS) is 10.5. The average Bonchev–Trinajstić information content (AvgIpc) is 2.50. The maximum atomic E-state index is 13.7. The van der Waals surface area contributed by atoms with E-state index in [4.69, 9.17) is 0 Å². The molecule has 0 radical (unpaired) electrons. The van der Waals surface area contributed by atoms with Gasteiger partial charge in [-0.05, 0) is 11.6 Å². The van der Waals surface area contributed by atoms with Gasteiger partial charge in [-0.1, -0.05) is 48.5 Å². The molecule has 4 heteroatoms. The molecular weight excluding hydrogens is 267 g/mol. The number of hydrogen-bond donors (Lipinski definition) is 1. The molecule has 0 atom stereocenters. The van der Waals surface area contributed by atoms with Crippen molar-refractivity contribution in [2.75, 3.05) is 0 Å². The highest BCUT2D eigenvalue weighted by Gasteiger charge is 2.07. The van der Waals surface area contributed by atoms with E-state index in [0.29, 0.717) is 17.1 Å². The Morgan fingerprint density at radius 1 is 1.00 bits per heavy atom. The monoisotopic (exact) mass is 280 g/mol. The van der Waals surface area contributed by atoms with Crippen LogP contribution in [-0.2, 0) is 6.42 Å². The minimum Gasteiger partial charge on any atom is -0.310 e. The Morgan fingerprint density at radius 2 is 1.71 bits per heavy atom. The summed E-state index contributed by atoms with van der Waals surface area (Å²) in [4.78, 5) is 18.8. The Bertz CT molecular complexity index is 812. The van der Waals surface area contributed by atoms with Crippen LogP contribution in [0.5, 0.6) is 0 Å². The lowest BCUT2D eigenvalue weighted by molar-refractivity contribution is 0.612. The Morgan fingerprint density at radius 3 is 2.48 bits per heavy atom. The molecule has 1 N–H and O–H groups in total. The number of hydrogen-bond acceptors (Lipinski definition) is 2. The fourth-order valence-electron chi connectivity index (χ4n) is 2.17. The number of benzene rings is 2. The van der Waals surface area contributed by atoms with Gasteiger partial charge < -0.3 is 4.98 Å². The second-order valence-corrected chi connectivity index (χ2v) is 4.71. The van der Waals surface area contributed by atoms with E-state index in [2.05, 4.69) is 9.97 Å². The first kappa shape index (κ1) is 13.2. The standard InChI is InChI=1S/C17H13FN2O/c18-14-9-5-4-8-13(14)10-16-19-15(11-17(21)20-16)12-6-2-1-3-7-12/h1-9,11H,10H2,(H,19,20,21). The minimum absolute atomic E-state index is 0.241. The van der Waals surface area contributed by atoms with E-state index in [0.717, 1.165) is 5.56 Å². The van der Waals surface area contributed by atoms with Crippen LogP contribution >= 0.6 is 0 Å². The van der Waals surface area contributed by atoms with E-state index in [1.165, 1.54) is 12.1 Å². The molecule has 21 heavy (non-hydrogen) atoms. The maximum Gasteiger partial charge on any atom is 0.251 e. The van der Waals surface area contributed by atoms with Crippen LogP contribution in [0.1, 0.15) is 11.4 Å². The third-order valence-corrected chi connectivity index (χ3v) is 3.18. The van der Waals surface area contributed by atoms with Crippen LogP contribution < -0.4 is 5.56 Å². The third-order valence-electron chi connectivity index (χ3n) is 3.18. The molecule has 0 bridgehead atoms. The van der Waals surface area contributed by atoms with Crippen molar-refractivity contribution >= 4 is 0 Å². The first-order chi connectivity index (χ1) is 10.2. The molecule has 1 aromatic heterocycles. The van der Waals surface area contributed by atoms with E-state index in [-0.39, 0.29) is 17.8 Å². The minimum atomic E-state index is -0.301. The highest BCUT2D eigenvalue weighted by Crippen LogP contribution is 2.16. The average molecular weight is 280 g/mol. The van der Waals surface area contributed by atoms with Crippen molar-refractivity contribution in [3.8, 4) is 11.3 Å². The van der Waals surface area contributed by atoms with E-state index >= 15 is 0 Å². The molecule has 0 saturated heterocycles. The molecule has 2 aromatic carbocycles. The molecule has 0 aliphatic carbocycles. The third kappa shape index (κ3) is 3.05. The van der Waals surface area contributed by atoms with Crippen LogP contribution in [0.2, 0.25) is 0 Å². The molecule has 104 valence electrons. The van der Waals surface area contributed by atoms with Gasteiger partial charge in [0.2, 0.25) is 0 Å². The van der Waals surface area contributed by atoms with Crippen LogP contribution in [0.15, 0.2) is 65.5 Å². The summed E-state index contributed by atoms with van der Waals surface area (Å²) in [7, 11) is 0. The number of nitrogens with zero attached hydrogens (tertiary/aromatic N) is 1. The molecule has 3 nitrogen and oxygen atoms in total. The van der Waals surface area contributed by atoms with Crippen molar-refractivity contribution in [1.29, 1.82) is 0 Å². The second kappa shape index (κ2) is 5.71. The first-order valence-corrected chi connectivity index (χ1v) is 6.61. The largest absolute Gasteiger partial charge is 0.310 e. The van der Waals surface area contributed by atoms with Crippen molar-refractivity contribution < 1.29 is 4.39 Å². The molecule has 0 aliphatic rings. The summed E-state index contributed by atoms with van der Waals surface area (Å²) < 4.78 is 13.7. The zero-order valence-electron chi connectivity index (χ0n) is 11.2. The molecule has 1 heterocycles. The van der Waals surface area contributed by atoms with Crippen molar-refractivity contribution in [3.05, 3.63) is 88.2 Å². The molecule has 0 spiro atoms. The van der Waals surface area contributed by atoms with Crippen LogP contribution in [0.25, 0.3) is 11.3 Å². The molecule has 0 aliphatic heterocycles. The van der Waals surface area contributed by atoms with Gasteiger partial charge in [0.15, 0.2) is 0 Å². The van der Waals surface area contributed by atoms with Crippen LogP contribution in [0.4, 0.5) is 4.39 Å². The van der Waals surface area contributed by atoms with Gasteiger partial charge in [-0.25, -0.2) is 9.37 Å². The maximum absolute atomic E-state index is 13.7. The van der Waals surface area contributed by atoms with E-state index in [1.54, 1.807) is 18.2 Å². The summed E-state index contributed by atoms with van der Waals surface area (Å²) in [6, 6.07) is 17.4. The van der Waals surface area contributed by atoms with Crippen LogP contribution in [-0.4, -0.2) is 9.97 Å². The zero-order chi connectivity index (χ0) is 14.7. The number of rotatable bonds is 3. The summed E-state index contributed by atoms with van der Waals surface area (Å²) in [6.07, 6.45) is 0.253. The van der Waals surface area contributed by atoms with E-state index < -0.39 is 0 Å². The van der Waals surface area contributed by atoms with Crippen molar-refractivity contribution in [3.63, 3.8) is 0 Å². The highest BCUT2D eigenvalue weighted by molar-refractivity contribution is 5.58. The number of aromatic amines is 1. The van der Waals surface area contributed by atoms with Gasteiger partial charge in [0, 0.05) is 18.1 Å². The first-order valence-electron chi connectivity index (χ1n) is 6.61. The van der Waals surface area contributed by atoms with E-state index in [1.807, 2.05) is 30.3 Å². The quantitative estimate of drug-likeness (QED) is 0.801. The number of halogens is 1. The summed E-state index contributed by atoms with van der Waals surface area (Å²) >= 11 is 0. The lowest BCUT2D eigenvalue weighted by Gasteiger charge is -2.05. The van der Waals surface area contributed by atoms with Gasteiger partial charge >= 0.3 is 0 Å². The SMILES string of the molecule is O=c1cc(-c2ccccc2)nc(Cc2ccccc2F)[nH]1. The summed E-state index contributed by atoms with van der Waals surface area (Å²) in [5, 5.41) is 0. The molecule has 0 amide bonds. The van der Waals surface area contributed by atoms with Crippen molar-refractivity contribution in [1.82, 2.24) is 9.97 Å². The van der Waals surface area contributed by atoms with E-state index in [9.17, 15) is 9.18 Å². The fourth-order valence-corrected chi connectivity index (χ4v) is 2.17. The number of aromatic nitrogens is 2. The van der Waals surface area contributed by atoms with Gasteiger partial charge in [-0.15, -0.1) is 0 Å². The second-order valence-electron chi connectivity index (χ2n) is 4.71. The predicted molar refractivity (Wildman–Crippen MR) is 79.5 cm³/mol. The van der Waals surface area contributed by atoms with Gasteiger partial charge in [-0.2, -0.15) is 0 Å². The fraction of sp³-hybridized carbons (Fsp3) is 0.0588. The summed E-state index contributed by atoms with van der Waals surface area (Å²) in [5.74, 6) is 0.150. The summed E-state index contributed by atoms with van der Waals surface area (Å²) in [5.41, 5.74) is 1.71. The molecule has 3 aromatic rings. The molecule has 0 saturated carbocycles. The Labute approximate surface area is 121 Å². The molecule has 0 fully saturated rings. The van der Waals surface area contributed by atoms with Crippen molar-refractivity contribution in [2.45, 2.75) is 6.42 Å². The Kier molecular flexibility index (Phi) is 3.60. The summed E-state index contributed by atoms with van der Waals surface area (Å²) in [6.45, 7) is 0. The van der Waals surface area contributed by atoms with Crippen LogP contribution in [0, 0.1) is 5.82 Å². The van der Waals surface area contributed by atoms with Gasteiger partial charge in [0.1, 0.15) is 11.6 Å². The Balaban J connectivity index is 1.99. The van der Waals surface area contributed by atoms with Gasteiger partial charge in [-0.3, -0.25) is 4.79 Å². The number of H-pyrrole nitrogens is 1. The number of nitrogens with one attached hydrogen (secondary N) is 1. The van der Waals surface area contributed by atoms with Gasteiger partial charge in [0.05, 0.1) is 5.69 Å². The van der Waals surface area contributed by atoms with Gasteiger partial charge in [0.25, 0.3) is 5.56 Å². The molecule has 0 unspecified atom stereocenters. The Hall–Kier alpha value is -2.75. The topological polar surface area (TPSA) is 45.8 Å². The van der Waals surface area contributed by atoms with Crippen LogP contribution in [0.3, 0.4) is 0 Å². The van der Waals surface area contributed by atoms with Crippen molar-refractivity contribution in [2.24, 2.45) is 0 Å². The smallest absolute Gasteiger partial charge is 0.251 e. The lowest BCUT2D eigenvalue weighted by atomic mass is 10.1. The lowest BCUT2D eigenvalue weighted by Crippen LogP contribution is -2.12. The highest BCUT2D eigenvalue weighted by atomic mass is 19.1. The molecule has 3 rings (SSSR count). The molecular formula is C17H13FN2O.